The molecule has 7 nitrogen and oxygen atoms in total. The fourth-order valence-corrected chi connectivity index (χ4v) is 3.39. The Kier molecular flexibility index (Phi) is 4.75. The number of carbonyl (C=O) groups is 3. The summed E-state index contributed by atoms with van der Waals surface area (Å²) < 4.78 is 4.86. The highest BCUT2D eigenvalue weighted by Gasteiger charge is 2.44. The highest BCUT2D eigenvalue weighted by Crippen LogP contribution is 2.32. The van der Waals surface area contributed by atoms with E-state index in [0.29, 0.717) is 25.9 Å². The summed E-state index contributed by atoms with van der Waals surface area (Å²) in [6.07, 6.45) is 1.54. The van der Waals surface area contributed by atoms with Crippen LogP contribution in [-0.2, 0) is 19.1 Å². The van der Waals surface area contributed by atoms with E-state index in [9.17, 15) is 14.4 Å². The third-order valence-corrected chi connectivity index (χ3v) is 4.49. The van der Waals surface area contributed by atoms with Gasteiger partial charge >= 0.3 is 5.97 Å². The van der Waals surface area contributed by atoms with Crippen molar-refractivity contribution in [3.05, 3.63) is 0 Å². The van der Waals surface area contributed by atoms with Gasteiger partial charge in [0.25, 0.3) is 0 Å². The molecule has 0 radical (unpaired) electrons. The lowest BCUT2D eigenvalue weighted by Gasteiger charge is -2.43. The number of esters is 1. The van der Waals surface area contributed by atoms with E-state index in [0.717, 1.165) is 0 Å². The van der Waals surface area contributed by atoms with Crippen molar-refractivity contribution in [1.29, 1.82) is 0 Å². The molecule has 0 aliphatic carbocycles. The van der Waals surface area contributed by atoms with Crippen LogP contribution in [0.3, 0.4) is 0 Å². The number of carbonyl (C=O) groups excluding carboxylic acids is 3. The van der Waals surface area contributed by atoms with Gasteiger partial charge in [-0.05, 0) is 24.7 Å². The Morgan fingerprint density at radius 1 is 1.50 bits per heavy atom. The summed E-state index contributed by atoms with van der Waals surface area (Å²) in [5.41, 5.74) is 5.77. The molecule has 0 aromatic rings. The summed E-state index contributed by atoms with van der Waals surface area (Å²) in [5.74, 6) is -1.06. The second-order valence-electron chi connectivity index (χ2n) is 6.99. The van der Waals surface area contributed by atoms with Crippen molar-refractivity contribution in [3.63, 3.8) is 0 Å². The largest absolute Gasteiger partial charge is 0.467 e. The van der Waals surface area contributed by atoms with Crippen LogP contribution in [0.4, 0.5) is 0 Å². The molecule has 2 heterocycles. The first kappa shape index (κ1) is 16.7. The van der Waals surface area contributed by atoms with Crippen LogP contribution in [-0.4, -0.2) is 55.0 Å². The van der Waals surface area contributed by atoms with E-state index >= 15 is 0 Å². The third-order valence-electron chi connectivity index (χ3n) is 4.49. The maximum atomic E-state index is 12.4. The molecule has 0 bridgehead atoms. The van der Waals surface area contributed by atoms with Crippen LogP contribution in [0.2, 0.25) is 0 Å². The zero-order valence-electron chi connectivity index (χ0n) is 13.4. The molecule has 0 aromatic carbocycles. The van der Waals surface area contributed by atoms with Crippen molar-refractivity contribution in [2.24, 2.45) is 17.1 Å². The van der Waals surface area contributed by atoms with Crippen LogP contribution in [0.15, 0.2) is 0 Å². The van der Waals surface area contributed by atoms with Gasteiger partial charge in [0.05, 0.1) is 13.2 Å². The number of methoxy groups -OCH3 is 1. The Balaban J connectivity index is 2.21. The van der Waals surface area contributed by atoms with Gasteiger partial charge in [-0.2, -0.15) is 0 Å². The number of piperidine rings is 1. The Bertz CT molecular complexity index is 477. The highest BCUT2D eigenvalue weighted by molar-refractivity contribution is 5.89. The number of nitrogens with one attached hydrogen (secondary N) is 1. The zero-order valence-corrected chi connectivity index (χ0v) is 13.4. The van der Waals surface area contributed by atoms with Gasteiger partial charge in [0.15, 0.2) is 0 Å². The smallest absolute Gasteiger partial charge is 0.328 e. The molecule has 2 saturated heterocycles. The first-order chi connectivity index (χ1) is 10.2. The van der Waals surface area contributed by atoms with Crippen LogP contribution < -0.4 is 11.1 Å². The molecule has 0 spiro atoms. The maximum absolute atomic E-state index is 12.4. The van der Waals surface area contributed by atoms with Crippen LogP contribution >= 0.6 is 0 Å². The molecule has 124 valence electrons. The molecule has 2 aliphatic heterocycles. The van der Waals surface area contributed by atoms with Crippen molar-refractivity contribution in [1.82, 2.24) is 10.2 Å². The van der Waals surface area contributed by atoms with Gasteiger partial charge in [-0.25, -0.2) is 4.79 Å². The van der Waals surface area contributed by atoms with E-state index in [1.54, 1.807) is 0 Å². The van der Waals surface area contributed by atoms with Gasteiger partial charge in [-0.1, -0.05) is 13.8 Å². The van der Waals surface area contributed by atoms with E-state index in [1.807, 2.05) is 13.8 Å². The lowest BCUT2D eigenvalue weighted by atomic mass is 9.80. The van der Waals surface area contributed by atoms with E-state index in [4.69, 9.17) is 10.5 Å². The van der Waals surface area contributed by atoms with E-state index in [1.165, 1.54) is 12.0 Å². The van der Waals surface area contributed by atoms with E-state index < -0.39 is 18.1 Å². The molecule has 7 heteroatoms. The molecule has 2 aliphatic rings. The van der Waals surface area contributed by atoms with Gasteiger partial charge in [0.1, 0.15) is 6.04 Å². The molecule has 22 heavy (non-hydrogen) atoms. The molecule has 2 amide bonds. The van der Waals surface area contributed by atoms with Crippen LogP contribution in [0.5, 0.6) is 0 Å². The molecule has 0 unspecified atom stereocenters. The Morgan fingerprint density at radius 3 is 2.73 bits per heavy atom. The standard InChI is InChI=1S/C15H25N3O4/c1-15(2)7-10(16)13(20)18(8-15)11(14(21)22-3)6-9-4-5-17-12(9)19/h9-11H,4-8,16H2,1-3H3,(H,17,19)/t9-,10-,11-/m0/s1. The number of nitrogens with two attached hydrogens (primary N) is 1. The topological polar surface area (TPSA) is 102 Å². The minimum absolute atomic E-state index is 0.0677. The molecule has 3 N–H and O–H groups in total. The quantitative estimate of drug-likeness (QED) is 0.690. The normalized spacial score (nSPS) is 29.2. The molecule has 0 saturated carbocycles. The number of likely N-dealkylation sites (tertiary alicyclic amines) is 1. The lowest BCUT2D eigenvalue weighted by Crippen LogP contribution is -2.60. The van der Waals surface area contributed by atoms with Gasteiger partial charge in [-0.3, -0.25) is 9.59 Å². The number of hydrogen-bond donors (Lipinski definition) is 2. The average molecular weight is 311 g/mol. The monoisotopic (exact) mass is 311 g/mol. The zero-order chi connectivity index (χ0) is 16.5. The molecule has 2 rings (SSSR count). The number of nitrogens with zero attached hydrogens (tertiary/aromatic N) is 1. The van der Waals surface area contributed by atoms with Gasteiger partial charge in [0, 0.05) is 19.0 Å². The Hall–Kier alpha value is -1.63. The number of rotatable bonds is 4. The number of amides is 2. The molecule has 2 fully saturated rings. The second-order valence-corrected chi connectivity index (χ2v) is 6.99. The first-order valence-electron chi connectivity index (χ1n) is 7.67. The second kappa shape index (κ2) is 6.24. The van der Waals surface area contributed by atoms with Gasteiger partial charge < -0.3 is 20.7 Å². The molecular formula is C15H25N3O4. The fraction of sp³-hybridized carbons (Fsp3) is 0.800. The summed E-state index contributed by atoms with van der Waals surface area (Å²) in [6.45, 7) is 5.08. The minimum atomic E-state index is -0.753. The number of hydrogen-bond acceptors (Lipinski definition) is 5. The summed E-state index contributed by atoms with van der Waals surface area (Å²) in [6, 6.07) is -1.37. The first-order valence-corrected chi connectivity index (χ1v) is 7.67. The molecular weight excluding hydrogens is 286 g/mol. The highest BCUT2D eigenvalue weighted by atomic mass is 16.5. The van der Waals surface area contributed by atoms with Crippen molar-refractivity contribution in [2.45, 2.75) is 45.2 Å². The predicted molar refractivity (Wildman–Crippen MR) is 79.6 cm³/mol. The SMILES string of the molecule is COC(=O)[C@H](C[C@@H]1CCNC1=O)N1CC(C)(C)C[C@H](N)C1=O. The third kappa shape index (κ3) is 3.40. The predicted octanol–water partition coefficient (Wildman–Crippen LogP) is -0.360. The van der Waals surface area contributed by atoms with Crippen molar-refractivity contribution < 1.29 is 19.1 Å². The Labute approximate surface area is 130 Å². The summed E-state index contributed by atoms with van der Waals surface area (Å²) in [4.78, 5) is 37.9. The van der Waals surface area contributed by atoms with Crippen molar-refractivity contribution >= 4 is 17.8 Å². The van der Waals surface area contributed by atoms with E-state index in [-0.39, 0.29) is 29.6 Å². The van der Waals surface area contributed by atoms with Crippen LogP contribution in [0.25, 0.3) is 0 Å². The van der Waals surface area contributed by atoms with Crippen LogP contribution in [0.1, 0.15) is 33.1 Å². The number of ether oxygens (including phenoxy) is 1. The lowest BCUT2D eigenvalue weighted by molar-refractivity contribution is -0.158. The van der Waals surface area contributed by atoms with Crippen molar-refractivity contribution in [2.75, 3.05) is 20.2 Å². The van der Waals surface area contributed by atoms with E-state index in [2.05, 4.69) is 5.32 Å². The molecule has 3 atom stereocenters. The maximum Gasteiger partial charge on any atom is 0.328 e. The van der Waals surface area contributed by atoms with Gasteiger partial charge in [-0.15, -0.1) is 0 Å². The Morgan fingerprint density at radius 2 is 2.18 bits per heavy atom. The average Bonchev–Trinajstić information content (AvgIpc) is 2.84. The molecule has 0 aromatic heterocycles. The van der Waals surface area contributed by atoms with Crippen molar-refractivity contribution in [3.8, 4) is 0 Å². The summed E-state index contributed by atoms with van der Waals surface area (Å²) in [5, 5.41) is 2.75. The minimum Gasteiger partial charge on any atom is -0.467 e. The summed E-state index contributed by atoms with van der Waals surface area (Å²) >= 11 is 0. The van der Waals surface area contributed by atoms with Gasteiger partial charge in [0.2, 0.25) is 11.8 Å². The fourth-order valence-electron chi connectivity index (χ4n) is 3.39. The van der Waals surface area contributed by atoms with Crippen LogP contribution in [0, 0.1) is 11.3 Å². The summed E-state index contributed by atoms with van der Waals surface area (Å²) in [7, 11) is 1.30.